The predicted octanol–water partition coefficient (Wildman–Crippen LogP) is 3.51. The minimum Gasteiger partial charge on any atom is -0.490 e. The number of ether oxygens (including phenoxy) is 2. The summed E-state index contributed by atoms with van der Waals surface area (Å²) in [5, 5.41) is 12.0. The van der Waals surface area contributed by atoms with E-state index in [1.54, 1.807) is 6.92 Å². The van der Waals surface area contributed by atoms with Crippen molar-refractivity contribution in [3.63, 3.8) is 0 Å². The van der Waals surface area contributed by atoms with E-state index in [1.165, 1.54) is 19.1 Å². The Labute approximate surface area is 147 Å². The average Bonchev–Trinajstić information content (AvgIpc) is 2.53. The Morgan fingerprint density at radius 2 is 1.92 bits per heavy atom. The molecule has 1 atom stereocenters. The van der Waals surface area contributed by atoms with E-state index < -0.39 is 17.4 Å². The Morgan fingerprint density at radius 3 is 2.42 bits per heavy atom. The van der Waals surface area contributed by atoms with Crippen LogP contribution in [0.1, 0.15) is 50.9 Å². The fraction of sp³-hybridized carbons (Fsp3) is 0.529. The maximum atomic E-state index is 12.4. The summed E-state index contributed by atoms with van der Waals surface area (Å²) in [6, 6.07) is 2.95. The van der Waals surface area contributed by atoms with Gasteiger partial charge in [-0.25, -0.2) is 4.79 Å². The van der Waals surface area contributed by atoms with Crippen molar-refractivity contribution in [2.45, 2.75) is 46.1 Å². The molecule has 0 aliphatic heterocycles. The SMILES string of the molecule is CCCOc1c(Cl)cc(C(=O)NC(C)(CC)C(=O)O)cc1OCC. The lowest BCUT2D eigenvalue weighted by molar-refractivity contribution is -0.143. The van der Waals surface area contributed by atoms with Crippen molar-refractivity contribution < 1.29 is 24.2 Å². The van der Waals surface area contributed by atoms with Gasteiger partial charge >= 0.3 is 5.97 Å². The van der Waals surface area contributed by atoms with Gasteiger partial charge in [-0.15, -0.1) is 0 Å². The van der Waals surface area contributed by atoms with Crippen molar-refractivity contribution in [2.75, 3.05) is 13.2 Å². The van der Waals surface area contributed by atoms with Crippen LogP contribution in [0.25, 0.3) is 0 Å². The molecule has 24 heavy (non-hydrogen) atoms. The van der Waals surface area contributed by atoms with Gasteiger partial charge in [-0.2, -0.15) is 0 Å². The fourth-order valence-electron chi connectivity index (χ4n) is 1.92. The minimum absolute atomic E-state index is 0.216. The number of halogens is 1. The zero-order valence-electron chi connectivity index (χ0n) is 14.4. The molecule has 7 heteroatoms. The smallest absolute Gasteiger partial charge is 0.329 e. The molecule has 0 bridgehead atoms. The number of carbonyl (C=O) groups excluding carboxylic acids is 1. The van der Waals surface area contributed by atoms with E-state index >= 15 is 0 Å². The van der Waals surface area contributed by atoms with Gasteiger partial charge in [-0.1, -0.05) is 25.4 Å². The van der Waals surface area contributed by atoms with Crippen molar-refractivity contribution in [2.24, 2.45) is 0 Å². The summed E-state index contributed by atoms with van der Waals surface area (Å²) in [6.07, 6.45) is 1.05. The quantitative estimate of drug-likeness (QED) is 0.706. The number of carboxylic acid groups (broad SMARTS) is 1. The molecule has 0 heterocycles. The van der Waals surface area contributed by atoms with Gasteiger partial charge in [-0.05, 0) is 38.8 Å². The van der Waals surface area contributed by atoms with Crippen molar-refractivity contribution >= 4 is 23.5 Å². The monoisotopic (exact) mass is 357 g/mol. The van der Waals surface area contributed by atoms with E-state index in [0.29, 0.717) is 24.7 Å². The molecule has 1 aromatic rings. The van der Waals surface area contributed by atoms with E-state index in [9.17, 15) is 14.7 Å². The Balaban J connectivity index is 3.15. The number of rotatable bonds is 9. The lowest BCUT2D eigenvalue weighted by Crippen LogP contribution is -2.51. The van der Waals surface area contributed by atoms with E-state index in [4.69, 9.17) is 21.1 Å². The molecule has 1 unspecified atom stereocenters. The lowest BCUT2D eigenvalue weighted by atomic mass is 9.98. The molecule has 1 aromatic carbocycles. The number of hydrogen-bond donors (Lipinski definition) is 2. The highest BCUT2D eigenvalue weighted by molar-refractivity contribution is 6.32. The second kappa shape index (κ2) is 8.78. The highest BCUT2D eigenvalue weighted by Gasteiger charge is 2.33. The number of amides is 1. The van der Waals surface area contributed by atoms with Crippen LogP contribution in [-0.2, 0) is 4.79 Å². The van der Waals surface area contributed by atoms with Gasteiger partial charge in [0.15, 0.2) is 11.5 Å². The summed E-state index contributed by atoms with van der Waals surface area (Å²) in [6.45, 7) is 7.77. The van der Waals surface area contributed by atoms with Gasteiger partial charge in [0.2, 0.25) is 0 Å². The molecule has 1 amide bonds. The summed E-state index contributed by atoms with van der Waals surface area (Å²) in [5.41, 5.74) is -1.14. The van der Waals surface area contributed by atoms with E-state index in [1.807, 2.05) is 13.8 Å². The first kappa shape index (κ1) is 20.1. The number of hydrogen-bond acceptors (Lipinski definition) is 4. The van der Waals surface area contributed by atoms with Crippen LogP contribution in [0.4, 0.5) is 0 Å². The molecule has 1 rings (SSSR count). The van der Waals surface area contributed by atoms with Crippen LogP contribution in [0.15, 0.2) is 12.1 Å². The standard InChI is InChI=1S/C17H24ClNO5/c1-5-8-24-14-12(18)9-11(10-13(14)23-7-3)15(20)19-17(4,6-2)16(21)22/h9-10H,5-8H2,1-4H3,(H,19,20)(H,21,22). The molecule has 0 saturated heterocycles. The Hall–Kier alpha value is -1.95. The maximum Gasteiger partial charge on any atom is 0.329 e. The van der Waals surface area contributed by atoms with E-state index in [2.05, 4.69) is 5.32 Å². The van der Waals surface area contributed by atoms with Gasteiger partial charge in [0.1, 0.15) is 5.54 Å². The Kier molecular flexibility index (Phi) is 7.35. The molecule has 6 nitrogen and oxygen atoms in total. The largest absolute Gasteiger partial charge is 0.490 e. The highest BCUT2D eigenvalue weighted by Crippen LogP contribution is 2.37. The first-order valence-electron chi connectivity index (χ1n) is 7.94. The van der Waals surface area contributed by atoms with Gasteiger partial charge in [-0.3, -0.25) is 4.79 Å². The molecular weight excluding hydrogens is 334 g/mol. The maximum absolute atomic E-state index is 12.4. The second-order valence-corrected chi connectivity index (χ2v) is 5.92. The van der Waals surface area contributed by atoms with Crippen molar-refractivity contribution in [1.82, 2.24) is 5.32 Å². The third-order valence-corrected chi connectivity index (χ3v) is 3.87. The molecule has 0 aliphatic carbocycles. The summed E-state index contributed by atoms with van der Waals surface area (Å²) in [7, 11) is 0. The minimum atomic E-state index is -1.35. The zero-order valence-corrected chi connectivity index (χ0v) is 15.2. The van der Waals surface area contributed by atoms with Gasteiger partial charge in [0.25, 0.3) is 5.91 Å². The van der Waals surface area contributed by atoms with Crippen LogP contribution in [-0.4, -0.2) is 35.7 Å². The molecular formula is C17H24ClNO5. The molecule has 0 aliphatic rings. The van der Waals surface area contributed by atoms with Crippen molar-refractivity contribution in [3.8, 4) is 11.5 Å². The van der Waals surface area contributed by atoms with Crippen molar-refractivity contribution in [3.05, 3.63) is 22.7 Å². The van der Waals surface area contributed by atoms with E-state index in [0.717, 1.165) is 6.42 Å². The van der Waals surface area contributed by atoms with Crippen LogP contribution in [0.2, 0.25) is 5.02 Å². The van der Waals surface area contributed by atoms with Crippen molar-refractivity contribution in [1.29, 1.82) is 0 Å². The number of carboxylic acids is 1. The molecule has 0 saturated carbocycles. The average molecular weight is 358 g/mol. The molecule has 134 valence electrons. The molecule has 2 N–H and O–H groups in total. The molecule has 0 spiro atoms. The fourth-order valence-corrected chi connectivity index (χ4v) is 2.19. The first-order valence-corrected chi connectivity index (χ1v) is 8.31. The topological polar surface area (TPSA) is 84.9 Å². The highest BCUT2D eigenvalue weighted by atomic mass is 35.5. The summed E-state index contributed by atoms with van der Waals surface area (Å²) < 4.78 is 11.1. The van der Waals surface area contributed by atoms with Crippen LogP contribution in [0.5, 0.6) is 11.5 Å². The second-order valence-electron chi connectivity index (χ2n) is 5.51. The van der Waals surface area contributed by atoms with Crippen LogP contribution in [0, 0.1) is 0 Å². The first-order chi connectivity index (χ1) is 11.3. The van der Waals surface area contributed by atoms with Crippen LogP contribution < -0.4 is 14.8 Å². The Bertz CT molecular complexity index is 605. The summed E-state index contributed by atoms with van der Waals surface area (Å²) in [4.78, 5) is 23.8. The van der Waals surface area contributed by atoms with E-state index in [-0.39, 0.29) is 17.0 Å². The third kappa shape index (κ3) is 4.77. The van der Waals surface area contributed by atoms with Gasteiger partial charge in [0.05, 0.1) is 18.2 Å². The predicted molar refractivity (Wildman–Crippen MR) is 92.2 cm³/mol. The number of aliphatic carboxylic acids is 1. The molecule has 0 aromatic heterocycles. The third-order valence-electron chi connectivity index (χ3n) is 3.59. The lowest BCUT2D eigenvalue weighted by Gasteiger charge is -2.25. The molecule has 0 fully saturated rings. The number of benzene rings is 1. The summed E-state index contributed by atoms with van der Waals surface area (Å²) >= 11 is 6.22. The zero-order chi connectivity index (χ0) is 18.3. The van der Waals surface area contributed by atoms with Crippen LogP contribution in [0.3, 0.4) is 0 Å². The Morgan fingerprint density at radius 1 is 1.25 bits per heavy atom. The summed E-state index contributed by atoms with van der Waals surface area (Å²) in [5.74, 6) is -0.894. The number of carbonyl (C=O) groups is 2. The molecule has 0 radical (unpaired) electrons. The van der Waals surface area contributed by atoms with Crippen LogP contribution >= 0.6 is 11.6 Å². The van der Waals surface area contributed by atoms with Gasteiger partial charge in [0, 0.05) is 5.56 Å². The number of nitrogens with one attached hydrogen (secondary N) is 1. The normalized spacial score (nSPS) is 13.0. The van der Waals surface area contributed by atoms with Gasteiger partial charge < -0.3 is 19.9 Å².